The van der Waals surface area contributed by atoms with Crippen molar-refractivity contribution >= 4 is 34.9 Å². The van der Waals surface area contributed by atoms with Crippen molar-refractivity contribution in [3.05, 3.63) is 40.1 Å². The fourth-order valence-corrected chi connectivity index (χ4v) is 2.45. The molecule has 0 saturated carbocycles. The molecular formula is C14H16Cl2F3N5O2. The summed E-state index contributed by atoms with van der Waals surface area (Å²) in [7, 11) is 2.74. The summed E-state index contributed by atoms with van der Waals surface area (Å²) in [4.78, 5) is 18.1. The van der Waals surface area contributed by atoms with Crippen LogP contribution < -0.4 is 21.4 Å². The average Bonchev–Trinajstić information content (AvgIpc) is 2.53. The minimum absolute atomic E-state index is 0.0356. The molecule has 2 unspecified atom stereocenters. The van der Waals surface area contributed by atoms with E-state index in [2.05, 4.69) is 26.3 Å². The second-order valence-corrected chi connectivity index (χ2v) is 6.10. The number of anilines is 1. The van der Waals surface area contributed by atoms with Gasteiger partial charge >= 0.3 is 12.2 Å². The van der Waals surface area contributed by atoms with Gasteiger partial charge in [0.05, 0.1) is 17.2 Å². The highest BCUT2D eigenvalue weighted by Gasteiger charge is 2.43. The largest absolute Gasteiger partial charge is 0.407 e. The quantitative estimate of drug-likeness (QED) is 0.571. The van der Waals surface area contributed by atoms with Crippen LogP contribution in [0.15, 0.2) is 30.1 Å². The van der Waals surface area contributed by atoms with Gasteiger partial charge in [-0.1, -0.05) is 23.2 Å². The van der Waals surface area contributed by atoms with Crippen molar-refractivity contribution in [1.82, 2.24) is 21.0 Å². The van der Waals surface area contributed by atoms with Gasteiger partial charge in [0.1, 0.15) is 11.9 Å². The number of benzene rings is 1. The average molecular weight is 414 g/mol. The Balaban J connectivity index is 2.10. The second-order valence-electron chi connectivity index (χ2n) is 5.28. The highest BCUT2D eigenvalue weighted by molar-refractivity contribution is 6.42. The first-order chi connectivity index (χ1) is 12.1. The Labute approximate surface area is 157 Å². The van der Waals surface area contributed by atoms with Gasteiger partial charge in [-0.15, -0.1) is 0 Å². The van der Waals surface area contributed by atoms with Crippen LogP contribution in [0, 0.1) is 0 Å². The molecule has 0 saturated heterocycles. The number of hydroxylamine groups is 1. The fraction of sp³-hybridized carbons (Fsp3) is 0.357. The van der Waals surface area contributed by atoms with E-state index >= 15 is 0 Å². The van der Waals surface area contributed by atoms with Crippen molar-refractivity contribution in [2.45, 2.75) is 18.5 Å². The number of halogens is 5. The van der Waals surface area contributed by atoms with Crippen molar-refractivity contribution < 1.29 is 22.8 Å². The standard InChI is InChI=1S/C14H16Cl2F3N5O2/c1-24-11(23-26-2)6-10(14(17,18)19)21-12(24)22-13(25)20-7-3-4-8(15)9(16)5-7/h3-6,10,12,21,23H,1-2H3,(H2,20,22,25). The van der Waals surface area contributed by atoms with Gasteiger partial charge in [-0.2, -0.15) is 13.2 Å². The van der Waals surface area contributed by atoms with Crippen molar-refractivity contribution in [3.63, 3.8) is 0 Å². The van der Waals surface area contributed by atoms with Crippen molar-refractivity contribution in [3.8, 4) is 0 Å². The van der Waals surface area contributed by atoms with E-state index in [1.807, 2.05) is 0 Å². The van der Waals surface area contributed by atoms with E-state index in [9.17, 15) is 18.0 Å². The van der Waals surface area contributed by atoms with Gasteiger partial charge in [-0.3, -0.25) is 15.6 Å². The van der Waals surface area contributed by atoms with Crippen LogP contribution in [0.5, 0.6) is 0 Å². The van der Waals surface area contributed by atoms with E-state index in [-0.39, 0.29) is 10.8 Å². The summed E-state index contributed by atoms with van der Waals surface area (Å²) in [5.41, 5.74) is 2.67. The Bertz CT molecular complexity index is 702. The lowest BCUT2D eigenvalue weighted by Crippen LogP contribution is -2.64. The molecule has 26 heavy (non-hydrogen) atoms. The Kier molecular flexibility index (Phi) is 6.45. The lowest BCUT2D eigenvalue weighted by atomic mass is 10.2. The Hall–Kier alpha value is -1.88. The molecule has 144 valence electrons. The van der Waals surface area contributed by atoms with Gasteiger partial charge in [-0.25, -0.2) is 4.79 Å². The van der Waals surface area contributed by atoms with E-state index < -0.39 is 24.5 Å². The SMILES string of the molecule is CONC1=CC(C(F)(F)F)NC(NC(=O)Nc2ccc(Cl)c(Cl)c2)N1C. The normalized spacial score (nSPS) is 20.4. The maximum atomic E-state index is 13.1. The molecule has 0 aromatic heterocycles. The molecule has 0 aliphatic carbocycles. The first-order valence-electron chi connectivity index (χ1n) is 7.21. The zero-order chi connectivity index (χ0) is 19.5. The number of rotatable bonds is 4. The van der Waals surface area contributed by atoms with Crippen LogP contribution in [0.4, 0.5) is 23.7 Å². The molecule has 2 atom stereocenters. The molecule has 7 nitrogen and oxygen atoms in total. The molecule has 1 aliphatic heterocycles. The van der Waals surface area contributed by atoms with E-state index in [1.165, 1.54) is 37.3 Å². The first kappa shape index (κ1) is 20.4. The number of hydrogen-bond donors (Lipinski definition) is 4. The van der Waals surface area contributed by atoms with E-state index in [1.54, 1.807) is 0 Å². The van der Waals surface area contributed by atoms with E-state index in [0.29, 0.717) is 10.7 Å². The van der Waals surface area contributed by atoms with Gasteiger partial charge in [0.2, 0.25) is 0 Å². The topological polar surface area (TPSA) is 77.7 Å². The first-order valence-corrected chi connectivity index (χ1v) is 7.96. The number of carbonyl (C=O) groups excluding carboxylic acids is 1. The van der Waals surface area contributed by atoms with Crippen LogP contribution in [0.1, 0.15) is 0 Å². The lowest BCUT2D eigenvalue weighted by molar-refractivity contribution is -0.153. The van der Waals surface area contributed by atoms with Crippen LogP contribution in [-0.4, -0.2) is 43.6 Å². The molecule has 1 heterocycles. The molecule has 0 fully saturated rings. The molecule has 0 bridgehead atoms. The third-order valence-corrected chi connectivity index (χ3v) is 4.17. The highest BCUT2D eigenvalue weighted by Crippen LogP contribution is 2.26. The molecule has 0 spiro atoms. The minimum Gasteiger partial charge on any atom is -0.327 e. The highest BCUT2D eigenvalue weighted by atomic mass is 35.5. The molecule has 1 aromatic rings. The third kappa shape index (κ3) is 5.07. The van der Waals surface area contributed by atoms with E-state index in [0.717, 1.165) is 6.08 Å². The number of nitrogens with zero attached hydrogens (tertiary/aromatic N) is 1. The van der Waals surface area contributed by atoms with E-state index in [4.69, 9.17) is 23.2 Å². The van der Waals surface area contributed by atoms with Gasteiger partial charge in [0.25, 0.3) is 0 Å². The zero-order valence-corrected chi connectivity index (χ0v) is 15.1. The molecule has 1 aromatic carbocycles. The number of carbonyl (C=O) groups is 1. The summed E-state index contributed by atoms with van der Waals surface area (Å²) in [5, 5.41) is 7.67. The van der Waals surface area contributed by atoms with Gasteiger partial charge in [0, 0.05) is 12.7 Å². The number of nitrogens with one attached hydrogen (secondary N) is 4. The number of amides is 2. The van der Waals surface area contributed by atoms with Crippen LogP contribution >= 0.6 is 23.2 Å². The van der Waals surface area contributed by atoms with Crippen LogP contribution in [0.2, 0.25) is 10.0 Å². The number of hydrogen-bond acceptors (Lipinski definition) is 5. The summed E-state index contributed by atoms with van der Waals surface area (Å²) >= 11 is 11.6. The molecule has 2 amide bonds. The predicted molar refractivity (Wildman–Crippen MR) is 91.4 cm³/mol. The molecule has 0 radical (unpaired) electrons. The molecule has 12 heteroatoms. The fourth-order valence-electron chi connectivity index (χ4n) is 2.15. The number of alkyl halides is 3. The van der Waals surface area contributed by atoms with Crippen LogP contribution in [-0.2, 0) is 4.84 Å². The summed E-state index contributed by atoms with van der Waals surface area (Å²) in [5.74, 6) is 0.0356. The monoisotopic (exact) mass is 413 g/mol. The Morgan fingerprint density at radius 1 is 1.31 bits per heavy atom. The summed E-state index contributed by atoms with van der Waals surface area (Å²) < 4.78 is 39.2. The van der Waals surface area contributed by atoms with Crippen molar-refractivity contribution in [1.29, 1.82) is 0 Å². The maximum absolute atomic E-state index is 13.1. The number of urea groups is 1. The van der Waals surface area contributed by atoms with Gasteiger partial charge in [-0.05, 0) is 24.3 Å². The smallest absolute Gasteiger partial charge is 0.327 e. The lowest BCUT2D eigenvalue weighted by Gasteiger charge is -2.39. The van der Waals surface area contributed by atoms with Crippen LogP contribution in [0.3, 0.4) is 0 Å². The van der Waals surface area contributed by atoms with Gasteiger partial charge < -0.3 is 15.5 Å². The zero-order valence-electron chi connectivity index (χ0n) is 13.6. The molecule has 4 N–H and O–H groups in total. The maximum Gasteiger partial charge on any atom is 0.407 e. The molecular weight excluding hydrogens is 398 g/mol. The summed E-state index contributed by atoms with van der Waals surface area (Å²) in [6.07, 6.45) is -4.81. The Morgan fingerprint density at radius 2 is 2.00 bits per heavy atom. The third-order valence-electron chi connectivity index (χ3n) is 3.43. The predicted octanol–water partition coefficient (Wildman–Crippen LogP) is 2.86. The van der Waals surface area contributed by atoms with Gasteiger partial charge in [0.15, 0.2) is 6.29 Å². The van der Waals surface area contributed by atoms with Crippen molar-refractivity contribution in [2.24, 2.45) is 0 Å². The van der Waals surface area contributed by atoms with Crippen molar-refractivity contribution in [2.75, 3.05) is 19.5 Å². The molecule has 2 rings (SSSR count). The summed E-state index contributed by atoms with van der Waals surface area (Å²) in [6.45, 7) is 0. The molecule has 1 aliphatic rings. The second kappa shape index (κ2) is 8.21. The Morgan fingerprint density at radius 3 is 2.58 bits per heavy atom. The minimum atomic E-state index is -4.55. The summed E-state index contributed by atoms with van der Waals surface area (Å²) in [6, 6.07) is 1.67. The van der Waals surface area contributed by atoms with Crippen LogP contribution in [0.25, 0.3) is 0 Å².